The molecule has 2 amide bonds. The van der Waals surface area contributed by atoms with Crippen molar-refractivity contribution in [2.75, 3.05) is 11.9 Å². The van der Waals surface area contributed by atoms with Crippen molar-refractivity contribution in [2.45, 2.75) is 32.5 Å². The van der Waals surface area contributed by atoms with E-state index in [1.807, 2.05) is 35.6 Å². The third kappa shape index (κ3) is 3.84. The Labute approximate surface area is 207 Å². The smallest absolute Gasteiger partial charge is 0.261 e. The second-order valence-electron chi connectivity index (χ2n) is 7.82. The molecule has 0 spiro atoms. The van der Waals surface area contributed by atoms with Crippen LogP contribution in [0.2, 0.25) is 0 Å². The third-order valence-electron chi connectivity index (χ3n) is 5.73. The number of hydrogen-bond donors (Lipinski definition) is 1. The largest absolute Gasteiger partial charge is 0.471 e. The number of ether oxygens (including phenoxy) is 1. The number of thiophene rings is 1. The molecule has 4 heterocycles. The molecule has 0 saturated carbocycles. The maximum absolute atomic E-state index is 14.5. The number of pyridine rings is 1. The van der Waals surface area contributed by atoms with Gasteiger partial charge in [-0.15, -0.1) is 0 Å². The molecule has 1 N–H and O–H groups in total. The molecule has 1 aromatic carbocycles. The number of carbonyl (C=O) groups excluding carboxylic acids is 2. The average Bonchev–Trinajstić information content (AvgIpc) is 3.44. The molecule has 0 radical (unpaired) electrons. The highest BCUT2D eigenvalue weighted by Crippen LogP contribution is 2.40. The van der Waals surface area contributed by atoms with Crippen LogP contribution >= 0.6 is 33.9 Å². The van der Waals surface area contributed by atoms with Crippen LogP contribution in [0.5, 0.6) is 0 Å². The van der Waals surface area contributed by atoms with Crippen LogP contribution in [0.15, 0.2) is 48.5 Å². The molecule has 170 valence electrons. The predicted octanol–water partition coefficient (Wildman–Crippen LogP) is 5.06. The van der Waals surface area contributed by atoms with Crippen molar-refractivity contribution in [1.82, 2.24) is 14.8 Å². The van der Waals surface area contributed by atoms with Gasteiger partial charge in [-0.2, -0.15) is 0 Å². The molecule has 0 bridgehead atoms. The zero-order chi connectivity index (χ0) is 23.3. The number of anilines is 2. The first-order valence-corrected chi connectivity index (χ1v) is 12.3. The third-order valence-corrected chi connectivity index (χ3v) is 7.43. The van der Waals surface area contributed by atoms with E-state index in [9.17, 15) is 14.0 Å². The van der Waals surface area contributed by atoms with Gasteiger partial charge >= 0.3 is 0 Å². The van der Waals surface area contributed by atoms with E-state index < -0.39 is 5.82 Å². The number of halogens is 2. The van der Waals surface area contributed by atoms with Gasteiger partial charge in [0.1, 0.15) is 27.4 Å². The van der Waals surface area contributed by atoms with E-state index in [1.165, 1.54) is 24.3 Å². The van der Waals surface area contributed by atoms with Gasteiger partial charge in [-0.3, -0.25) is 14.5 Å². The lowest BCUT2D eigenvalue weighted by molar-refractivity contribution is -0.135. The van der Waals surface area contributed by atoms with Crippen molar-refractivity contribution in [2.24, 2.45) is 0 Å². The van der Waals surface area contributed by atoms with Gasteiger partial charge in [-0.05, 0) is 52.9 Å². The highest BCUT2D eigenvalue weighted by Gasteiger charge is 2.45. The molecular formula is C23H20FIN4O3S. The summed E-state index contributed by atoms with van der Waals surface area (Å²) in [7, 11) is 0. The molecule has 10 heteroatoms. The van der Waals surface area contributed by atoms with E-state index in [-0.39, 0.29) is 29.8 Å². The van der Waals surface area contributed by atoms with Crippen LogP contribution in [0.25, 0.3) is 10.2 Å². The van der Waals surface area contributed by atoms with Gasteiger partial charge in [0, 0.05) is 34.7 Å². The maximum Gasteiger partial charge on any atom is 0.261 e. The highest BCUT2D eigenvalue weighted by atomic mass is 127. The fourth-order valence-corrected chi connectivity index (χ4v) is 5.75. The number of benzene rings is 1. The quantitative estimate of drug-likeness (QED) is 0.438. The van der Waals surface area contributed by atoms with Gasteiger partial charge in [0.25, 0.3) is 5.91 Å². The molecule has 5 rings (SSSR count). The second-order valence-corrected chi connectivity index (χ2v) is 10.1. The van der Waals surface area contributed by atoms with Gasteiger partial charge in [0.2, 0.25) is 5.91 Å². The topological polar surface area (TPSA) is 74.8 Å². The number of hydrogen-bond acceptors (Lipinski definition) is 6. The molecule has 2 atom stereocenters. The van der Waals surface area contributed by atoms with E-state index >= 15 is 0 Å². The minimum absolute atomic E-state index is 0.0914. The van der Waals surface area contributed by atoms with Crippen molar-refractivity contribution >= 4 is 66.6 Å². The first-order chi connectivity index (χ1) is 15.9. The Morgan fingerprint density at radius 3 is 2.91 bits per heavy atom. The summed E-state index contributed by atoms with van der Waals surface area (Å²) in [5, 5.41) is 4.29. The average molecular weight is 578 g/mol. The lowest BCUT2D eigenvalue weighted by Gasteiger charge is -2.26. The highest BCUT2D eigenvalue weighted by molar-refractivity contribution is 14.1. The van der Waals surface area contributed by atoms with E-state index in [4.69, 9.17) is 4.74 Å². The molecule has 2 aromatic heterocycles. The molecule has 1 unspecified atom stereocenters. The number of nitrogens with zero attached hydrogens (tertiary/aromatic N) is 3. The summed E-state index contributed by atoms with van der Waals surface area (Å²) < 4.78 is 21.3. The summed E-state index contributed by atoms with van der Waals surface area (Å²) in [6.07, 6.45) is 3.68. The van der Waals surface area contributed by atoms with E-state index in [2.05, 4.69) is 10.3 Å². The van der Waals surface area contributed by atoms with Crippen molar-refractivity contribution < 1.29 is 18.7 Å². The molecule has 33 heavy (non-hydrogen) atoms. The summed E-state index contributed by atoms with van der Waals surface area (Å²) in [5.41, 5.74) is 0.698. The molecule has 0 aliphatic carbocycles. The lowest BCUT2D eigenvalue weighted by atomic mass is 10.1. The standard InChI is InChI=1S/C23H20FIN4O3S/c1-3-19-29(12(2)30)17-10-28(11-18(17)32-19)23(31)20-14-5-4-8-26-21(14)33-22(20)27-16-7-6-13(25)9-15(16)24/h4-9,11,17,19,27H,3,10H2,1-2H3/t17-,19?/m0/s1. The number of amides is 2. The van der Waals surface area contributed by atoms with E-state index in [0.717, 1.165) is 3.57 Å². The van der Waals surface area contributed by atoms with E-state index in [1.54, 1.807) is 40.4 Å². The number of fused-ring (bicyclic) bond motifs is 2. The Morgan fingerprint density at radius 2 is 2.18 bits per heavy atom. The van der Waals surface area contributed by atoms with Gasteiger partial charge in [-0.1, -0.05) is 18.3 Å². The Hall–Kier alpha value is -2.73. The van der Waals surface area contributed by atoms with Crippen LogP contribution in [0, 0.1) is 9.39 Å². The summed E-state index contributed by atoms with van der Waals surface area (Å²) >= 11 is 3.34. The number of carbonyl (C=O) groups is 2. The molecule has 2 aliphatic heterocycles. The Bertz CT molecular complexity index is 1310. The van der Waals surface area contributed by atoms with Crippen LogP contribution in [-0.2, 0) is 9.53 Å². The first kappa shape index (κ1) is 22.1. The number of nitrogens with one attached hydrogen (secondary N) is 1. The predicted molar refractivity (Wildman–Crippen MR) is 133 cm³/mol. The number of rotatable bonds is 4. The van der Waals surface area contributed by atoms with E-state index in [0.29, 0.717) is 39.5 Å². The lowest BCUT2D eigenvalue weighted by Crippen LogP contribution is -2.44. The molecule has 3 aromatic rings. The van der Waals surface area contributed by atoms with Crippen molar-refractivity contribution in [3.63, 3.8) is 0 Å². The van der Waals surface area contributed by atoms with Gasteiger partial charge in [0.15, 0.2) is 6.23 Å². The minimum atomic E-state index is -0.403. The Kier molecular flexibility index (Phi) is 5.73. The minimum Gasteiger partial charge on any atom is -0.471 e. The fraction of sp³-hybridized carbons (Fsp3) is 0.261. The molecule has 1 saturated heterocycles. The SMILES string of the molecule is CCC1OC2=CN(C(=O)c3c(Nc4ccc(I)cc4F)sc4ncccc34)C[C@@H]2N1C(C)=O. The Morgan fingerprint density at radius 1 is 1.36 bits per heavy atom. The van der Waals surface area contributed by atoms with Gasteiger partial charge < -0.3 is 15.0 Å². The molecule has 2 aliphatic rings. The van der Waals surface area contributed by atoms with Gasteiger partial charge in [0.05, 0.1) is 17.8 Å². The normalized spacial score (nSPS) is 19.5. The zero-order valence-electron chi connectivity index (χ0n) is 17.8. The second kappa shape index (κ2) is 8.56. The zero-order valence-corrected chi connectivity index (χ0v) is 20.8. The molecule has 7 nitrogen and oxygen atoms in total. The first-order valence-electron chi connectivity index (χ1n) is 10.4. The van der Waals surface area contributed by atoms with Crippen LogP contribution in [0.1, 0.15) is 30.6 Å². The monoisotopic (exact) mass is 578 g/mol. The molecular weight excluding hydrogens is 558 g/mol. The van der Waals surface area contributed by atoms with Crippen molar-refractivity contribution in [3.05, 3.63) is 63.4 Å². The van der Waals surface area contributed by atoms with Crippen LogP contribution in [0.3, 0.4) is 0 Å². The van der Waals surface area contributed by atoms with Gasteiger partial charge in [-0.25, -0.2) is 9.37 Å². The van der Waals surface area contributed by atoms with Crippen LogP contribution in [0.4, 0.5) is 15.1 Å². The fourth-order valence-electron chi connectivity index (χ4n) is 4.25. The number of aromatic nitrogens is 1. The Balaban J connectivity index is 1.51. The molecule has 1 fully saturated rings. The van der Waals surface area contributed by atoms with Crippen LogP contribution < -0.4 is 5.32 Å². The summed E-state index contributed by atoms with van der Waals surface area (Å²) in [6.45, 7) is 3.77. The maximum atomic E-state index is 14.5. The summed E-state index contributed by atoms with van der Waals surface area (Å²) in [4.78, 5) is 34.2. The van der Waals surface area contributed by atoms with Crippen molar-refractivity contribution in [3.8, 4) is 0 Å². The van der Waals surface area contributed by atoms with Crippen molar-refractivity contribution in [1.29, 1.82) is 0 Å². The summed E-state index contributed by atoms with van der Waals surface area (Å²) in [6, 6.07) is 8.17. The van der Waals surface area contributed by atoms with Crippen LogP contribution in [-0.4, -0.2) is 45.4 Å². The summed E-state index contributed by atoms with van der Waals surface area (Å²) in [5.74, 6) is -0.142.